The Morgan fingerprint density at radius 1 is 1.77 bits per heavy atom. The lowest BCUT2D eigenvalue weighted by Gasteiger charge is -2.02. The average Bonchev–Trinajstić information content (AvgIpc) is 2.61. The van der Waals surface area contributed by atoms with Gasteiger partial charge in [0.25, 0.3) is 0 Å². The summed E-state index contributed by atoms with van der Waals surface area (Å²) < 4.78 is 4.85. The summed E-state index contributed by atoms with van der Waals surface area (Å²) in [6, 6.07) is 0.289. The second-order valence-electron chi connectivity index (χ2n) is 3.26. The van der Waals surface area contributed by atoms with E-state index in [4.69, 9.17) is 4.42 Å². The molecule has 1 aliphatic carbocycles. The zero-order valence-electron chi connectivity index (χ0n) is 7.28. The third kappa shape index (κ3) is 1.99. The molecule has 2 atom stereocenters. The van der Waals surface area contributed by atoms with Gasteiger partial charge in [-0.25, -0.2) is 9.78 Å². The molecule has 0 unspecified atom stereocenters. The lowest BCUT2D eigenvalue weighted by atomic mass is 10.5. The van der Waals surface area contributed by atoms with E-state index in [1.54, 1.807) is 0 Å². The van der Waals surface area contributed by atoms with Gasteiger partial charge in [-0.1, -0.05) is 6.92 Å². The zero-order valence-corrected chi connectivity index (χ0v) is 7.28. The van der Waals surface area contributed by atoms with Crippen molar-refractivity contribution in [2.45, 2.75) is 19.4 Å². The number of hydrogen-bond donors (Lipinski definition) is 2. The molecule has 0 spiro atoms. The Morgan fingerprint density at radius 2 is 2.54 bits per heavy atom. The number of carbonyl (C=O) groups excluding carboxylic acids is 1. The van der Waals surface area contributed by atoms with Crippen LogP contribution in [0.15, 0.2) is 16.9 Å². The van der Waals surface area contributed by atoms with Crippen molar-refractivity contribution in [3.8, 4) is 0 Å². The van der Waals surface area contributed by atoms with E-state index in [1.165, 1.54) is 12.5 Å². The molecule has 1 fully saturated rings. The number of nitrogens with one attached hydrogen (secondary N) is 2. The lowest BCUT2D eigenvalue weighted by molar-refractivity contribution is 0.250. The highest BCUT2D eigenvalue weighted by Gasteiger charge is 2.33. The van der Waals surface area contributed by atoms with E-state index >= 15 is 0 Å². The molecule has 1 saturated carbocycles. The van der Waals surface area contributed by atoms with Gasteiger partial charge in [0.1, 0.15) is 6.26 Å². The van der Waals surface area contributed by atoms with Crippen LogP contribution in [-0.4, -0.2) is 17.1 Å². The molecule has 2 N–H and O–H groups in total. The maximum atomic E-state index is 11.2. The van der Waals surface area contributed by atoms with Crippen LogP contribution >= 0.6 is 0 Å². The summed E-state index contributed by atoms with van der Waals surface area (Å²) in [4.78, 5) is 14.9. The van der Waals surface area contributed by atoms with Crippen LogP contribution in [0.1, 0.15) is 13.3 Å². The third-order valence-corrected chi connectivity index (χ3v) is 2.08. The molecule has 5 heteroatoms. The molecule has 13 heavy (non-hydrogen) atoms. The molecular weight excluding hydrogens is 170 g/mol. The van der Waals surface area contributed by atoms with Gasteiger partial charge < -0.3 is 9.73 Å². The van der Waals surface area contributed by atoms with E-state index in [-0.39, 0.29) is 12.0 Å². The van der Waals surface area contributed by atoms with Crippen LogP contribution in [0.3, 0.4) is 0 Å². The maximum absolute atomic E-state index is 11.2. The highest BCUT2D eigenvalue weighted by molar-refractivity contribution is 5.87. The van der Waals surface area contributed by atoms with Crippen molar-refractivity contribution >= 4 is 12.0 Å². The van der Waals surface area contributed by atoms with Crippen molar-refractivity contribution in [1.82, 2.24) is 10.3 Å². The Morgan fingerprint density at radius 3 is 3.08 bits per heavy atom. The molecule has 2 amide bonds. The summed E-state index contributed by atoms with van der Waals surface area (Å²) in [5.74, 6) is 0.593. The number of rotatable bonds is 2. The molecule has 2 rings (SSSR count). The Balaban J connectivity index is 1.79. The van der Waals surface area contributed by atoms with Crippen LogP contribution in [0.2, 0.25) is 0 Å². The molecule has 5 nitrogen and oxygen atoms in total. The number of oxazole rings is 1. The minimum Gasteiger partial charge on any atom is -0.432 e. The van der Waals surface area contributed by atoms with Crippen LogP contribution in [-0.2, 0) is 0 Å². The molecule has 70 valence electrons. The normalized spacial score (nSPS) is 25.3. The standard InChI is InChI=1S/C8H11N3O2/c1-5-4-6(5)10-7(12)11-8-9-2-3-13-8/h2-3,5-6H,4H2,1H3,(H2,9,10,11,12)/t5-,6-/m1/s1. The largest absolute Gasteiger partial charge is 0.432 e. The second kappa shape index (κ2) is 3.08. The minimum absolute atomic E-state index is 0.228. The van der Waals surface area contributed by atoms with Crippen LogP contribution in [0.4, 0.5) is 10.8 Å². The van der Waals surface area contributed by atoms with Gasteiger partial charge in [0.15, 0.2) is 0 Å². The summed E-state index contributed by atoms with van der Waals surface area (Å²) in [6.07, 6.45) is 3.95. The van der Waals surface area contributed by atoms with Crippen molar-refractivity contribution in [2.75, 3.05) is 5.32 Å². The van der Waals surface area contributed by atoms with Gasteiger partial charge in [-0.2, -0.15) is 0 Å². The Labute approximate surface area is 75.5 Å². The van der Waals surface area contributed by atoms with Crippen LogP contribution in [0.5, 0.6) is 0 Å². The van der Waals surface area contributed by atoms with Crippen LogP contribution < -0.4 is 10.6 Å². The Kier molecular flexibility index (Phi) is 1.92. The summed E-state index contributed by atoms with van der Waals surface area (Å²) in [5.41, 5.74) is 0. The van der Waals surface area contributed by atoms with Crippen molar-refractivity contribution in [3.63, 3.8) is 0 Å². The summed E-state index contributed by atoms with van der Waals surface area (Å²) in [5, 5.41) is 5.28. The highest BCUT2D eigenvalue weighted by atomic mass is 16.4. The van der Waals surface area contributed by atoms with Crippen LogP contribution in [0, 0.1) is 5.92 Å². The Hall–Kier alpha value is -1.52. The second-order valence-corrected chi connectivity index (χ2v) is 3.26. The predicted octanol–water partition coefficient (Wildman–Crippen LogP) is 1.20. The van der Waals surface area contributed by atoms with E-state index in [9.17, 15) is 4.79 Å². The average molecular weight is 181 g/mol. The molecule has 1 heterocycles. The number of anilines is 1. The molecule has 1 aliphatic rings. The van der Waals surface area contributed by atoms with E-state index in [0.717, 1.165) is 6.42 Å². The number of urea groups is 1. The first-order chi connectivity index (χ1) is 6.25. The number of aromatic nitrogens is 1. The summed E-state index contributed by atoms with van der Waals surface area (Å²) in [6.45, 7) is 2.09. The van der Waals surface area contributed by atoms with Crippen molar-refractivity contribution in [1.29, 1.82) is 0 Å². The SMILES string of the molecule is C[C@@H]1C[C@H]1NC(=O)Nc1ncco1. The van der Waals surface area contributed by atoms with E-state index < -0.39 is 0 Å². The quantitative estimate of drug-likeness (QED) is 0.720. The monoisotopic (exact) mass is 181 g/mol. The summed E-state index contributed by atoms with van der Waals surface area (Å²) in [7, 11) is 0. The highest BCUT2D eigenvalue weighted by Crippen LogP contribution is 2.28. The van der Waals surface area contributed by atoms with Gasteiger partial charge in [-0.05, 0) is 12.3 Å². The lowest BCUT2D eigenvalue weighted by Crippen LogP contribution is -2.31. The first-order valence-electron chi connectivity index (χ1n) is 4.22. The molecule has 0 aliphatic heterocycles. The molecular formula is C8H11N3O2. The fourth-order valence-electron chi connectivity index (χ4n) is 1.11. The van der Waals surface area contributed by atoms with Gasteiger partial charge in [-0.15, -0.1) is 0 Å². The number of nitrogens with zero attached hydrogens (tertiary/aromatic N) is 1. The minimum atomic E-state index is -0.253. The van der Waals surface area contributed by atoms with Crippen molar-refractivity contribution in [3.05, 3.63) is 12.5 Å². The van der Waals surface area contributed by atoms with E-state index in [0.29, 0.717) is 12.0 Å². The first kappa shape index (κ1) is 8.10. The van der Waals surface area contributed by atoms with E-state index in [2.05, 4.69) is 22.5 Å². The Bertz CT molecular complexity index is 296. The maximum Gasteiger partial charge on any atom is 0.323 e. The molecule has 0 aromatic carbocycles. The third-order valence-electron chi connectivity index (χ3n) is 2.08. The topological polar surface area (TPSA) is 67.2 Å². The zero-order chi connectivity index (χ0) is 9.26. The molecule has 0 radical (unpaired) electrons. The van der Waals surface area contributed by atoms with Crippen molar-refractivity contribution in [2.24, 2.45) is 5.92 Å². The predicted molar refractivity (Wildman–Crippen MR) is 46.2 cm³/mol. The molecule has 0 saturated heterocycles. The summed E-state index contributed by atoms with van der Waals surface area (Å²) >= 11 is 0. The smallest absolute Gasteiger partial charge is 0.323 e. The number of amides is 2. The van der Waals surface area contributed by atoms with Gasteiger partial charge in [-0.3, -0.25) is 5.32 Å². The molecule has 0 bridgehead atoms. The van der Waals surface area contributed by atoms with E-state index in [1.807, 2.05) is 0 Å². The molecule has 1 aromatic rings. The first-order valence-corrected chi connectivity index (χ1v) is 4.22. The van der Waals surface area contributed by atoms with Gasteiger partial charge >= 0.3 is 12.0 Å². The van der Waals surface area contributed by atoms with Crippen molar-refractivity contribution < 1.29 is 9.21 Å². The van der Waals surface area contributed by atoms with Gasteiger partial charge in [0, 0.05) is 6.04 Å². The van der Waals surface area contributed by atoms with Gasteiger partial charge in [0.05, 0.1) is 6.20 Å². The van der Waals surface area contributed by atoms with Crippen LogP contribution in [0.25, 0.3) is 0 Å². The number of hydrogen-bond acceptors (Lipinski definition) is 3. The molecule has 1 aromatic heterocycles. The van der Waals surface area contributed by atoms with Gasteiger partial charge in [0.2, 0.25) is 0 Å². The fourth-order valence-corrected chi connectivity index (χ4v) is 1.11. The number of carbonyl (C=O) groups is 1. The fraction of sp³-hybridized carbons (Fsp3) is 0.500.